The van der Waals surface area contributed by atoms with Crippen LogP contribution in [0.1, 0.15) is 24.1 Å². The van der Waals surface area contributed by atoms with Crippen LogP contribution in [0.4, 0.5) is 0 Å². The number of aryl methyl sites for hydroxylation is 1. The second-order valence-corrected chi connectivity index (χ2v) is 5.06. The third kappa shape index (κ3) is 4.50. The van der Waals surface area contributed by atoms with Crippen molar-refractivity contribution in [1.82, 2.24) is 5.32 Å². The largest absolute Gasteiger partial charge is 0.497 e. The maximum Gasteiger partial charge on any atom is 0.119 e. The fraction of sp³-hybridized carbons (Fsp3) is 0.333. The molecule has 3 nitrogen and oxygen atoms in total. The molecule has 0 radical (unpaired) electrons. The molecule has 0 spiro atoms. The van der Waals surface area contributed by atoms with Gasteiger partial charge in [0.15, 0.2) is 0 Å². The summed E-state index contributed by atoms with van der Waals surface area (Å²) in [6, 6.07) is 16.4. The minimum atomic E-state index is 0.325. The lowest BCUT2D eigenvalue weighted by atomic mass is 10.0. The van der Waals surface area contributed by atoms with Gasteiger partial charge in [-0.25, -0.2) is 0 Å². The Bertz CT molecular complexity index is 551. The molecule has 3 heteroatoms. The van der Waals surface area contributed by atoms with Crippen LogP contribution in [-0.4, -0.2) is 20.3 Å². The van der Waals surface area contributed by atoms with Gasteiger partial charge >= 0.3 is 0 Å². The molecule has 0 aliphatic heterocycles. The minimum absolute atomic E-state index is 0.325. The highest BCUT2D eigenvalue weighted by atomic mass is 16.5. The fourth-order valence-corrected chi connectivity index (χ4v) is 2.30. The Morgan fingerprint density at radius 2 is 1.67 bits per heavy atom. The van der Waals surface area contributed by atoms with Gasteiger partial charge < -0.3 is 14.8 Å². The van der Waals surface area contributed by atoms with E-state index in [2.05, 4.69) is 43.4 Å². The molecule has 0 aromatic heterocycles. The first kappa shape index (κ1) is 15.4. The van der Waals surface area contributed by atoms with Crippen molar-refractivity contribution in [2.75, 3.05) is 20.3 Å². The Morgan fingerprint density at radius 1 is 1.00 bits per heavy atom. The summed E-state index contributed by atoms with van der Waals surface area (Å²) in [7, 11) is 1.66. The molecule has 0 aliphatic rings. The highest BCUT2D eigenvalue weighted by molar-refractivity contribution is 5.31. The summed E-state index contributed by atoms with van der Waals surface area (Å²) >= 11 is 0. The molecule has 0 heterocycles. The molecule has 0 fully saturated rings. The number of benzene rings is 2. The molecule has 0 bridgehead atoms. The molecular formula is C18H23NO2. The zero-order valence-electron chi connectivity index (χ0n) is 12.9. The maximum atomic E-state index is 5.70. The molecule has 112 valence electrons. The van der Waals surface area contributed by atoms with Crippen molar-refractivity contribution in [2.24, 2.45) is 0 Å². The lowest BCUT2D eigenvalue weighted by Crippen LogP contribution is -2.24. The third-order valence-electron chi connectivity index (χ3n) is 3.54. The lowest BCUT2D eigenvalue weighted by molar-refractivity contribution is 0.307. The van der Waals surface area contributed by atoms with Gasteiger partial charge in [-0.2, -0.15) is 0 Å². The van der Waals surface area contributed by atoms with Gasteiger partial charge in [-0.3, -0.25) is 0 Å². The molecule has 0 aliphatic carbocycles. The second kappa shape index (κ2) is 7.70. The van der Waals surface area contributed by atoms with Crippen LogP contribution in [-0.2, 0) is 0 Å². The monoisotopic (exact) mass is 285 g/mol. The molecule has 1 N–H and O–H groups in total. The van der Waals surface area contributed by atoms with Crippen LogP contribution in [0.25, 0.3) is 0 Å². The van der Waals surface area contributed by atoms with Crippen molar-refractivity contribution in [3.05, 3.63) is 59.7 Å². The Labute approximate surface area is 126 Å². The summed E-state index contributed by atoms with van der Waals surface area (Å²) < 4.78 is 10.8. The Kier molecular flexibility index (Phi) is 5.64. The van der Waals surface area contributed by atoms with Crippen molar-refractivity contribution in [3.8, 4) is 11.5 Å². The molecule has 21 heavy (non-hydrogen) atoms. The summed E-state index contributed by atoms with van der Waals surface area (Å²) in [5.74, 6) is 1.70. The number of ether oxygens (including phenoxy) is 2. The first-order chi connectivity index (χ1) is 10.2. The molecule has 0 saturated carbocycles. The first-order valence-corrected chi connectivity index (χ1v) is 7.26. The lowest BCUT2D eigenvalue weighted by Gasteiger charge is -2.16. The summed E-state index contributed by atoms with van der Waals surface area (Å²) in [6.07, 6.45) is 0. The van der Waals surface area contributed by atoms with Gasteiger partial charge in [-0.05, 0) is 49.2 Å². The normalized spacial score (nSPS) is 12.0. The van der Waals surface area contributed by atoms with Gasteiger partial charge in [-0.1, -0.05) is 24.3 Å². The van der Waals surface area contributed by atoms with E-state index in [9.17, 15) is 0 Å². The van der Waals surface area contributed by atoms with Gasteiger partial charge in [-0.15, -0.1) is 0 Å². The molecule has 2 rings (SSSR count). The van der Waals surface area contributed by atoms with Crippen LogP contribution in [0.3, 0.4) is 0 Å². The van der Waals surface area contributed by atoms with E-state index in [1.165, 1.54) is 11.1 Å². The summed E-state index contributed by atoms with van der Waals surface area (Å²) in [5, 5.41) is 3.48. The van der Waals surface area contributed by atoms with E-state index in [1.807, 2.05) is 24.3 Å². The van der Waals surface area contributed by atoms with Crippen molar-refractivity contribution < 1.29 is 9.47 Å². The Balaban J connectivity index is 1.75. The minimum Gasteiger partial charge on any atom is -0.497 e. The predicted molar refractivity (Wildman–Crippen MR) is 86.1 cm³/mol. The number of hydrogen-bond donors (Lipinski definition) is 1. The van der Waals surface area contributed by atoms with E-state index in [4.69, 9.17) is 9.47 Å². The number of hydrogen-bond acceptors (Lipinski definition) is 3. The molecule has 0 amide bonds. The molecular weight excluding hydrogens is 262 g/mol. The third-order valence-corrected chi connectivity index (χ3v) is 3.54. The Morgan fingerprint density at radius 3 is 2.33 bits per heavy atom. The van der Waals surface area contributed by atoms with Crippen LogP contribution in [0.15, 0.2) is 48.5 Å². The quantitative estimate of drug-likeness (QED) is 0.786. The molecule has 0 saturated heterocycles. The van der Waals surface area contributed by atoms with Crippen molar-refractivity contribution >= 4 is 0 Å². The van der Waals surface area contributed by atoms with Gasteiger partial charge in [0.2, 0.25) is 0 Å². The van der Waals surface area contributed by atoms with Crippen molar-refractivity contribution in [3.63, 3.8) is 0 Å². The smallest absolute Gasteiger partial charge is 0.119 e. The van der Waals surface area contributed by atoms with Crippen molar-refractivity contribution in [2.45, 2.75) is 19.9 Å². The van der Waals surface area contributed by atoms with Gasteiger partial charge in [0.25, 0.3) is 0 Å². The van der Waals surface area contributed by atoms with E-state index < -0.39 is 0 Å². The standard InChI is InChI=1S/C18H23NO2/c1-14-6-4-5-7-18(14)15(2)19-12-13-21-17-10-8-16(20-3)9-11-17/h4-11,15,19H,12-13H2,1-3H3/t15-/m0/s1. The van der Waals surface area contributed by atoms with Crippen LogP contribution in [0.2, 0.25) is 0 Å². The van der Waals surface area contributed by atoms with Gasteiger partial charge in [0.1, 0.15) is 18.1 Å². The summed E-state index contributed by atoms with van der Waals surface area (Å²) in [6.45, 7) is 5.77. The summed E-state index contributed by atoms with van der Waals surface area (Å²) in [5.41, 5.74) is 2.65. The van der Waals surface area contributed by atoms with Gasteiger partial charge in [0.05, 0.1) is 7.11 Å². The topological polar surface area (TPSA) is 30.5 Å². The SMILES string of the molecule is COc1ccc(OCCN[C@@H](C)c2ccccc2C)cc1. The maximum absolute atomic E-state index is 5.70. The number of nitrogens with one attached hydrogen (secondary N) is 1. The van der Waals surface area contributed by atoms with E-state index in [0.29, 0.717) is 12.6 Å². The van der Waals surface area contributed by atoms with E-state index in [0.717, 1.165) is 18.0 Å². The molecule has 1 atom stereocenters. The average molecular weight is 285 g/mol. The van der Waals surface area contributed by atoms with Crippen LogP contribution >= 0.6 is 0 Å². The van der Waals surface area contributed by atoms with E-state index in [-0.39, 0.29) is 0 Å². The Hall–Kier alpha value is -2.00. The number of methoxy groups -OCH3 is 1. The van der Waals surface area contributed by atoms with Crippen LogP contribution in [0, 0.1) is 6.92 Å². The zero-order chi connectivity index (χ0) is 15.1. The van der Waals surface area contributed by atoms with E-state index >= 15 is 0 Å². The first-order valence-electron chi connectivity index (χ1n) is 7.26. The summed E-state index contributed by atoms with van der Waals surface area (Å²) in [4.78, 5) is 0. The highest BCUT2D eigenvalue weighted by Crippen LogP contribution is 2.18. The van der Waals surface area contributed by atoms with Crippen molar-refractivity contribution in [1.29, 1.82) is 0 Å². The zero-order valence-corrected chi connectivity index (χ0v) is 12.9. The highest BCUT2D eigenvalue weighted by Gasteiger charge is 2.06. The second-order valence-electron chi connectivity index (χ2n) is 5.06. The van der Waals surface area contributed by atoms with Crippen LogP contribution < -0.4 is 14.8 Å². The predicted octanol–water partition coefficient (Wildman–Crippen LogP) is 3.73. The van der Waals surface area contributed by atoms with E-state index in [1.54, 1.807) is 7.11 Å². The molecule has 2 aromatic rings. The average Bonchev–Trinajstić information content (AvgIpc) is 2.52. The van der Waals surface area contributed by atoms with Gasteiger partial charge in [0, 0.05) is 12.6 Å². The molecule has 0 unspecified atom stereocenters. The fourth-order valence-electron chi connectivity index (χ4n) is 2.30. The molecule has 2 aromatic carbocycles. The number of rotatable bonds is 7. The van der Waals surface area contributed by atoms with Crippen LogP contribution in [0.5, 0.6) is 11.5 Å².